The van der Waals surface area contributed by atoms with Gasteiger partial charge in [-0.3, -0.25) is 4.79 Å². The lowest BCUT2D eigenvalue weighted by molar-refractivity contribution is -0.198. The van der Waals surface area contributed by atoms with Crippen molar-refractivity contribution in [2.75, 3.05) is 23.7 Å². The van der Waals surface area contributed by atoms with Crippen molar-refractivity contribution in [2.24, 2.45) is 5.41 Å². The van der Waals surface area contributed by atoms with Crippen LogP contribution in [0.25, 0.3) is 11.1 Å². The number of piperidine rings is 1. The van der Waals surface area contributed by atoms with E-state index in [9.17, 15) is 23.1 Å². The lowest BCUT2D eigenvalue weighted by atomic mass is 9.71. The van der Waals surface area contributed by atoms with Crippen molar-refractivity contribution in [3.8, 4) is 22.8 Å². The Bertz CT molecular complexity index is 1580. The van der Waals surface area contributed by atoms with Crippen molar-refractivity contribution in [2.45, 2.75) is 76.9 Å². The van der Waals surface area contributed by atoms with Crippen LogP contribution in [-0.2, 0) is 4.79 Å². The highest BCUT2D eigenvalue weighted by Crippen LogP contribution is 2.46. The molecule has 46 heavy (non-hydrogen) atoms. The number of nitrogen functional groups attached to an aromatic ring is 1. The van der Waals surface area contributed by atoms with E-state index in [-0.39, 0.29) is 50.6 Å². The molecule has 9 nitrogen and oxygen atoms in total. The molecule has 2 fully saturated rings. The van der Waals surface area contributed by atoms with E-state index < -0.39 is 24.3 Å². The Morgan fingerprint density at radius 3 is 2.46 bits per heavy atom. The zero-order chi connectivity index (χ0) is 33.4. The van der Waals surface area contributed by atoms with E-state index in [0.717, 1.165) is 6.42 Å². The smallest absolute Gasteiger partial charge is 0.429 e. The van der Waals surface area contributed by atoms with Crippen LogP contribution in [0.4, 0.5) is 24.9 Å². The van der Waals surface area contributed by atoms with E-state index in [2.05, 4.69) is 15.3 Å². The monoisotopic (exact) mass is 681 g/mol. The Morgan fingerprint density at radius 1 is 1.13 bits per heavy atom. The Balaban J connectivity index is 1.42. The molecule has 0 aliphatic carbocycles. The lowest BCUT2D eigenvalue weighted by Gasteiger charge is -2.43. The molecule has 1 aromatic heterocycles. The van der Waals surface area contributed by atoms with Crippen LogP contribution < -0.4 is 25.4 Å². The number of hydrogen-bond donors (Lipinski definition) is 3. The number of anilines is 2. The van der Waals surface area contributed by atoms with Crippen LogP contribution in [0.15, 0.2) is 42.5 Å². The van der Waals surface area contributed by atoms with Gasteiger partial charge in [-0.15, -0.1) is 0 Å². The molecule has 2 aliphatic rings. The number of carboxylic acids is 1. The molecule has 3 aromatic rings. The molecule has 14 heteroatoms. The lowest BCUT2D eigenvalue weighted by Crippen LogP contribution is -2.46. The molecule has 0 radical (unpaired) electrons. The number of alkyl halides is 3. The van der Waals surface area contributed by atoms with Gasteiger partial charge < -0.3 is 30.5 Å². The Labute approximate surface area is 275 Å². The van der Waals surface area contributed by atoms with Gasteiger partial charge in [0, 0.05) is 35.8 Å². The summed E-state index contributed by atoms with van der Waals surface area (Å²) in [5, 5.41) is 13.3. The van der Waals surface area contributed by atoms with Crippen molar-refractivity contribution >= 4 is 40.9 Å². The summed E-state index contributed by atoms with van der Waals surface area (Å²) in [5.41, 5.74) is 6.15. The number of aliphatic carboxylic acids is 1. The zero-order valence-electron chi connectivity index (χ0n) is 25.6. The Morgan fingerprint density at radius 2 is 1.85 bits per heavy atom. The number of hydrogen-bond acceptors (Lipinski definition) is 8. The van der Waals surface area contributed by atoms with E-state index in [4.69, 9.17) is 38.4 Å². The summed E-state index contributed by atoms with van der Waals surface area (Å²) in [4.78, 5) is 21.9. The fraction of sp³-hybridized carbons (Fsp3) is 0.469. The predicted molar refractivity (Wildman–Crippen MR) is 171 cm³/mol. The van der Waals surface area contributed by atoms with Crippen LogP contribution in [0.3, 0.4) is 0 Å². The maximum Gasteiger partial charge on any atom is 0.429 e. The van der Waals surface area contributed by atoms with Gasteiger partial charge in [-0.1, -0.05) is 42.3 Å². The van der Waals surface area contributed by atoms with Crippen molar-refractivity contribution in [3.63, 3.8) is 0 Å². The molecular formula is C32H36Cl2F3N5O4. The second-order valence-corrected chi connectivity index (χ2v) is 12.9. The maximum absolute atomic E-state index is 14.7. The van der Waals surface area contributed by atoms with Gasteiger partial charge in [-0.05, 0) is 80.3 Å². The largest absolute Gasteiger partial charge is 0.489 e. The summed E-state index contributed by atoms with van der Waals surface area (Å²) < 4.78 is 55.4. The molecule has 0 bridgehead atoms. The van der Waals surface area contributed by atoms with E-state index in [0.29, 0.717) is 49.5 Å². The van der Waals surface area contributed by atoms with Gasteiger partial charge in [-0.25, -0.2) is 0 Å². The van der Waals surface area contributed by atoms with Gasteiger partial charge in [-0.2, -0.15) is 23.1 Å². The third kappa shape index (κ3) is 7.24. The molecule has 1 spiro atoms. The highest BCUT2D eigenvalue weighted by Gasteiger charge is 2.50. The number of nitrogens with one attached hydrogen (secondary N) is 1. The minimum absolute atomic E-state index is 0.0556. The first-order valence-electron chi connectivity index (χ1n) is 15.1. The topological polar surface area (TPSA) is 123 Å². The average Bonchev–Trinajstić information content (AvgIpc) is 3.34. The minimum atomic E-state index is -4.85. The summed E-state index contributed by atoms with van der Waals surface area (Å²) >= 11 is 12.7. The van der Waals surface area contributed by atoms with Crippen LogP contribution in [0.5, 0.6) is 11.6 Å². The second-order valence-electron chi connectivity index (χ2n) is 12.1. The quantitative estimate of drug-likeness (QED) is 0.213. The molecule has 3 heterocycles. The summed E-state index contributed by atoms with van der Waals surface area (Å²) in [7, 11) is 0. The normalized spacial score (nSPS) is 20.2. The van der Waals surface area contributed by atoms with E-state index in [1.165, 1.54) is 30.3 Å². The number of carboxylic acid groups (broad SMARTS) is 1. The van der Waals surface area contributed by atoms with Gasteiger partial charge in [0.05, 0.1) is 11.1 Å². The van der Waals surface area contributed by atoms with Crippen LogP contribution >= 0.6 is 23.2 Å². The first kappa shape index (κ1) is 33.9. The Kier molecular flexibility index (Phi) is 9.81. The van der Waals surface area contributed by atoms with Crippen molar-refractivity contribution < 1.29 is 32.5 Å². The van der Waals surface area contributed by atoms with Crippen molar-refractivity contribution in [1.82, 2.24) is 15.3 Å². The summed E-state index contributed by atoms with van der Waals surface area (Å²) in [5.74, 6) is -0.721. The fourth-order valence-corrected chi connectivity index (χ4v) is 6.97. The highest BCUT2D eigenvalue weighted by atomic mass is 35.5. The van der Waals surface area contributed by atoms with E-state index >= 15 is 0 Å². The molecule has 3 atom stereocenters. The molecule has 2 aromatic carbocycles. The molecule has 2 saturated heterocycles. The molecule has 2 aliphatic heterocycles. The molecule has 4 N–H and O–H groups in total. The molecule has 0 amide bonds. The number of halogens is 5. The molecule has 0 saturated carbocycles. The van der Waals surface area contributed by atoms with Crippen molar-refractivity contribution in [3.05, 3.63) is 58.1 Å². The van der Waals surface area contributed by atoms with Gasteiger partial charge >= 0.3 is 12.1 Å². The van der Waals surface area contributed by atoms with Crippen LogP contribution in [0.1, 0.15) is 58.1 Å². The maximum atomic E-state index is 14.7. The summed E-state index contributed by atoms with van der Waals surface area (Å²) in [6, 6.07) is 9.58. The zero-order valence-corrected chi connectivity index (χ0v) is 27.1. The first-order valence-corrected chi connectivity index (χ1v) is 15.8. The Hall–Kier alpha value is -3.48. The molecule has 2 unspecified atom stereocenters. The molecular weight excluding hydrogens is 646 g/mol. The fourth-order valence-electron chi connectivity index (χ4n) is 6.58. The number of nitrogens with zero attached hydrogens (tertiary/aromatic N) is 3. The van der Waals surface area contributed by atoms with E-state index in [1.807, 2.05) is 25.7 Å². The number of benzene rings is 2. The van der Waals surface area contributed by atoms with Gasteiger partial charge in [0.2, 0.25) is 17.9 Å². The minimum Gasteiger partial charge on any atom is -0.489 e. The highest BCUT2D eigenvalue weighted by molar-refractivity contribution is 6.32. The molecule has 5 rings (SSSR count). The SMILES string of the molecule is CCC1NC(C(=O)O)CC12CCN(c1cc(O[C@H](c3ccc(Cl)cc3-c3ccc(OC(C)C)c(Cl)c3)C(F)(F)F)nc(N)n1)CC2. The van der Waals surface area contributed by atoms with Gasteiger partial charge in [0.25, 0.3) is 0 Å². The summed E-state index contributed by atoms with van der Waals surface area (Å²) in [6.07, 6.45) is -4.76. The van der Waals surface area contributed by atoms with Gasteiger partial charge in [0.1, 0.15) is 17.6 Å². The molecule has 248 valence electrons. The van der Waals surface area contributed by atoms with Crippen LogP contribution in [0.2, 0.25) is 10.0 Å². The number of ether oxygens (including phenoxy) is 2. The van der Waals surface area contributed by atoms with Crippen LogP contribution in [-0.4, -0.2) is 58.5 Å². The van der Waals surface area contributed by atoms with E-state index in [1.54, 1.807) is 12.1 Å². The summed E-state index contributed by atoms with van der Waals surface area (Å²) in [6.45, 7) is 6.73. The standard InChI is InChI=1S/C32H36Cl2F3N5O4/c1-4-25-31(16-23(39-25)29(43)44)9-11-42(12-10-31)26-15-27(41-30(38)40-26)46-28(32(35,36)37)20-7-6-19(33)14-21(20)18-5-8-24(22(34)13-18)45-17(2)3/h5-8,13-15,17,23,25,28,39H,4,9-12,16H2,1-3H3,(H,43,44)(H2,38,40,41)/t23?,25?,28-/m1/s1. The number of nitrogens with two attached hydrogens (primary N) is 1. The number of carbonyl (C=O) groups is 1. The number of rotatable bonds is 9. The predicted octanol–water partition coefficient (Wildman–Crippen LogP) is 7.31. The van der Waals surface area contributed by atoms with Gasteiger partial charge in [0.15, 0.2) is 0 Å². The van der Waals surface area contributed by atoms with Crippen LogP contribution in [0, 0.1) is 5.41 Å². The van der Waals surface area contributed by atoms with Crippen molar-refractivity contribution in [1.29, 1.82) is 0 Å². The second kappa shape index (κ2) is 13.3. The third-order valence-electron chi connectivity index (χ3n) is 8.69. The number of aromatic nitrogens is 2. The average molecular weight is 683 g/mol. The first-order chi connectivity index (χ1) is 21.7. The third-order valence-corrected chi connectivity index (χ3v) is 9.22.